The lowest BCUT2D eigenvalue weighted by Gasteiger charge is -2.00. The van der Waals surface area contributed by atoms with Crippen molar-refractivity contribution in [2.45, 2.75) is 51.9 Å². The Morgan fingerprint density at radius 3 is 2.00 bits per heavy atom. The molecule has 4 nitrogen and oxygen atoms in total. The summed E-state index contributed by atoms with van der Waals surface area (Å²) in [5.41, 5.74) is 0. The lowest BCUT2D eigenvalue weighted by atomic mass is 10.1. The van der Waals surface area contributed by atoms with Gasteiger partial charge >= 0.3 is 0 Å². The van der Waals surface area contributed by atoms with Crippen LogP contribution in [-0.2, 0) is 14.5 Å². The van der Waals surface area contributed by atoms with Crippen molar-refractivity contribution in [3.05, 3.63) is 0 Å². The van der Waals surface area contributed by atoms with E-state index >= 15 is 0 Å². The molecule has 1 N–H and O–H groups in total. The van der Waals surface area contributed by atoms with E-state index in [9.17, 15) is 8.42 Å². The first kappa shape index (κ1) is 13.9. The summed E-state index contributed by atoms with van der Waals surface area (Å²) in [5.74, 6) is -0.0860. The molecule has 0 aromatic carbocycles. The second-order valence-electron chi connectivity index (χ2n) is 3.46. The van der Waals surface area contributed by atoms with Gasteiger partial charge in [0, 0.05) is 0 Å². The second-order valence-corrected chi connectivity index (χ2v) is 5.13. The van der Waals surface area contributed by atoms with E-state index in [4.69, 9.17) is 5.26 Å². The summed E-state index contributed by atoms with van der Waals surface area (Å²) >= 11 is 0. The molecule has 0 aliphatic rings. The fourth-order valence-corrected chi connectivity index (χ4v) is 1.91. The van der Waals surface area contributed by atoms with E-state index in [-0.39, 0.29) is 5.75 Å². The largest absolute Gasteiger partial charge is 0.293 e. The first-order valence-corrected chi connectivity index (χ1v) is 6.76. The van der Waals surface area contributed by atoms with Crippen LogP contribution in [0.5, 0.6) is 0 Å². The van der Waals surface area contributed by atoms with Gasteiger partial charge < -0.3 is 0 Å². The predicted octanol–water partition coefficient (Wildman–Crippen LogP) is 2.56. The summed E-state index contributed by atoms with van der Waals surface area (Å²) in [5, 5.41) is 7.98. The highest BCUT2D eigenvalue weighted by atomic mass is 32.2. The molecule has 0 aliphatic heterocycles. The smallest absolute Gasteiger partial charge is 0.235 e. The van der Waals surface area contributed by atoms with Gasteiger partial charge in [-0.15, -0.1) is 4.33 Å². The molecule has 5 heteroatoms. The average molecular weight is 224 g/mol. The van der Waals surface area contributed by atoms with Crippen molar-refractivity contribution in [2.75, 3.05) is 5.75 Å². The summed E-state index contributed by atoms with van der Waals surface area (Å²) in [6, 6.07) is 0. The van der Waals surface area contributed by atoms with Gasteiger partial charge in [0.15, 0.2) is 0 Å². The molecule has 0 rings (SSSR count). The summed E-state index contributed by atoms with van der Waals surface area (Å²) in [6.45, 7) is 2.16. The number of unbranched alkanes of at least 4 members (excludes halogenated alkanes) is 6. The molecular weight excluding hydrogens is 204 g/mol. The van der Waals surface area contributed by atoms with Crippen molar-refractivity contribution in [1.29, 1.82) is 0 Å². The minimum Gasteiger partial charge on any atom is -0.235 e. The minimum atomic E-state index is -3.66. The van der Waals surface area contributed by atoms with Crippen LogP contribution >= 0.6 is 0 Å². The fourth-order valence-electron chi connectivity index (χ4n) is 1.27. The lowest BCUT2D eigenvalue weighted by Crippen LogP contribution is -2.07. The van der Waals surface area contributed by atoms with Gasteiger partial charge in [-0.25, -0.2) is 5.26 Å². The fraction of sp³-hybridized carbons (Fsp3) is 1.00. The van der Waals surface area contributed by atoms with Crippen molar-refractivity contribution in [3.63, 3.8) is 0 Å². The predicted molar refractivity (Wildman–Crippen MR) is 55.5 cm³/mol. The Labute approximate surface area is 86.3 Å². The highest BCUT2D eigenvalue weighted by Gasteiger charge is 2.08. The maximum atomic E-state index is 10.7. The van der Waals surface area contributed by atoms with E-state index in [1.807, 2.05) is 0 Å². The molecule has 0 heterocycles. The third-order valence-corrected chi connectivity index (χ3v) is 3.13. The van der Waals surface area contributed by atoms with Gasteiger partial charge in [0.1, 0.15) is 0 Å². The van der Waals surface area contributed by atoms with Gasteiger partial charge in [-0.2, -0.15) is 8.42 Å². The van der Waals surface area contributed by atoms with Crippen molar-refractivity contribution in [3.8, 4) is 0 Å². The first-order chi connectivity index (χ1) is 6.62. The van der Waals surface area contributed by atoms with Crippen LogP contribution in [0.4, 0.5) is 0 Å². The molecule has 0 amide bonds. The highest BCUT2D eigenvalue weighted by Crippen LogP contribution is 2.07. The van der Waals surface area contributed by atoms with Crippen LogP contribution in [0.3, 0.4) is 0 Å². The molecule has 0 spiro atoms. The van der Waals surface area contributed by atoms with Gasteiger partial charge in [0.05, 0.1) is 5.75 Å². The molecule has 0 saturated carbocycles. The maximum absolute atomic E-state index is 10.7. The first-order valence-electron chi connectivity index (χ1n) is 5.18. The summed E-state index contributed by atoms with van der Waals surface area (Å²) < 4.78 is 24.7. The molecule has 0 bridgehead atoms. The van der Waals surface area contributed by atoms with Crippen molar-refractivity contribution in [2.24, 2.45) is 0 Å². The molecule has 14 heavy (non-hydrogen) atoms. The average Bonchev–Trinajstić information content (AvgIpc) is 2.16. The van der Waals surface area contributed by atoms with Crippen molar-refractivity contribution < 1.29 is 18.0 Å². The molecule has 0 aromatic rings. The van der Waals surface area contributed by atoms with E-state index in [0.717, 1.165) is 19.3 Å². The summed E-state index contributed by atoms with van der Waals surface area (Å²) in [4.78, 5) is 0. The van der Waals surface area contributed by atoms with E-state index in [1.54, 1.807) is 0 Å². The minimum absolute atomic E-state index is 0.0860. The van der Waals surface area contributed by atoms with Gasteiger partial charge in [-0.05, 0) is 6.42 Å². The molecule has 0 atom stereocenters. The maximum Gasteiger partial charge on any atom is 0.293 e. The Bertz CT molecular complexity index is 211. The van der Waals surface area contributed by atoms with E-state index in [0.29, 0.717) is 6.42 Å². The van der Waals surface area contributed by atoms with Crippen LogP contribution in [-0.4, -0.2) is 19.4 Å². The van der Waals surface area contributed by atoms with E-state index in [2.05, 4.69) is 11.3 Å². The third kappa shape index (κ3) is 8.47. The van der Waals surface area contributed by atoms with Crippen LogP contribution in [0.25, 0.3) is 0 Å². The third-order valence-electron chi connectivity index (χ3n) is 2.11. The number of hydrogen-bond acceptors (Lipinski definition) is 4. The Hall–Kier alpha value is -0.130. The zero-order valence-electron chi connectivity index (χ0n) is 8.74. The molecule has 0 aliphatic carbocycles. The zero-order valence-corrected chi connectivity index (χ0v) is 9.55. The van der Waals surface area contributed by atoms with Gasteiger partial charge in [0.25, 0.3) is 10.1 Å². The van der Waals surface area contributed by atoms with Crippen LogP contribution in [0.15, 0.2) is 0 Å². The Kier molecular flexibility index (Phi) is 8.12. The van der Waals surface area contributed by atoms with Crippen LogP contribution < -0.4 is 0 Å². The highest BCUT2D eigenvalue weighted by molar-refractivity contribution is 7.86. The molecule has 86 valence electrons. The normalized spacial score (nSPS) is 11.9. The topological polar surface area (TPSA) is 63.6 Å². The van der Waals surface area contributed by atoms with Gasteiger partial charge in [-0.1, -0.05) is 45.4 Å². The molecular formula is C9H20O4S. The summed E-state index contributed by atoms with van der Waals surface area (Å²) in [6.07, 6.45) is 7.35. The molecule has 0 aromatic heterocycles. The quantitative estimate of drug-likeness (QED) is 0.371. The summed E-state index contributed by atoms with van der Waals surface area (Å²) in [7, 11) is -3.66. The molecule has 0 saturated heterocycles. The Balaban J connectivity index is 3.22. The molecule has 0 unspecified atom stereocenters. The SMILES string of the molecule is CCCCCCCCCS(=O)(=O)OO. The molecule has 0 radical (unpaired) electrons. The van der Waals surface area contributed by atoms with Crippen LogP contribution in [0.2, 0.25) is 0 Å². The Morgan fingerprint density at radius 2 is 1.50 bits per heavy atom. The van der Waals surface area contributed by atoms with E-state index in [1.165, 1.54) is 19.3 Å². The van der Waals surface area contributed by atoms with Gasteiger partial charge in [0.2, 0.25) is 0 Å². The standard InChI is InChI=1S/C9H20O4S/c1-2-3-4-5-6-7-8-9-14(11,12)13-10/h10H,2-9H2,1H3. The van der Waals surface area contributed by atoms with E-state index < -0.39 is 10.1 Å². The Morgan fingerprint density at radius 1 is 1.00 bits per heavy atom. The molecule has 0 fully saturated rings. The zero-order chi connectivity index (χ0) is 10.9. The lowest BCUT2D eigenvalue weighted by molar-refractivity contribution is -0.130. The van der Waals surface area contributed by atoms with Crippen molar-refractivity contribution in [1.82, 2.24) is 0 Å². The van der Waals surface area contributed by atoms with Crippen molar-refractivity contribution >= 4 is 10.1 Å². The second kappa shape index (κ2) is 8.20. The van der Waals surface area contributed by atoms with Crippen LogP contribution in [0, 0.1) is 0 Å². The number of rotatable bonds is 9. The monoisotopic (exact) mass is 224 g/mol. The number of hydrogen-bond donors (Lipinski definition) is 1. The van der Waals surface area contributed by atoms with Crippen LogP contribution in [0.1, 0.15) is 51.9 Å². The van der Waals surface area contributed by atoms with Gasteiger partial charge in [-0.3, -0.25) is 0 Å².